The Kier molecular flexibility index (Phi) is 1.14. The Hall–Kier alpha value is -0.610. The largest absolute Gasteiger partial charge is 0.374 e. The van der Waals surface area contributed by atoms with Crippen molar-refractivity contribution in [2.45, 2.75) is 30.6 Å². The molecule has 1 spiro atoms. The lowest BCUT2D eigenvalue weighted by Crippen LogP contribution is -2.47. The van der Waals surface area contributed by atoms with E-state index in [2.05, 4.69) is 5.32 Å². The lowest BCUT2D eigenvalue weighted by atomic mass is 10.0. The summed E-state index contributed by atoms with van der Waals surface area (Å²) in [7, 11) is 0. The molecule has 66 valence electrons. The number of nitrogens with one attached hydrogen (secondary N) is 1. The molecule has 0 aromatic carbocycles. The number of hydrogen-bond donors (Lipinski definition) is 1. The van der Waals surface area contributed by atoms with Gasteiger partial charge in [0.05, 0.1) is 25.4 Å². The second-order valence-electron chi connectivity index (χ2n) is 3.74. The molecule has 1 amide bonds. The van der Waals surface area contributed by atoms with Crippen LogP contribution in [0.5, 0.6) is 0 Å². The predicted octanol–water partition coefficient (Wildman–Crippen LogP) is -0.567. The minimum Gasteiger partial charge on any atom is -0.374 e. The van der Waals surface area contributed by atoms with Crippen LogP contribution in [0.25, 0.3) is 0 Å². The van der Waals surface area contributed by atoms with E-state index in [4.69, 9.17) is 9.47 Å². The molecule has 1 saturated carbocycles. The normalized spacial score (nSPS) is 50.5. The predicted molar refractivity (Wildman–Crippen MR) is 39.6 cm³/mol. The van der Waals surface area contributed by atoms with Crippen LogP contribution in [-0.2, 0) is 14.3 Å². The van der Waals surface area contributed by atoms with Crippen LogP contribution in [0, 0.1) is 0 Å². The van der Waals surface area contributed by atoms with E-state index < -0.39 is 5.60 Å². The van der Waals surface area contributed by atoms with E-state index in [1.54, 1.807) is 0 Å². The molecular formula is C8H11NO3. The maximum absolute atomic E-state index is 11.4. The van der Waals surface area contributed by atoms with Gasteiger partial charge in [-0.05, 0) is 0 Å². The maximum Gasteiger partial charge on any atom is 0.252 e. The molecule has 3 rings (SSSR count). The summed E-state index contributed by atoms with van der Waals surface area (Å²) >= 11 is 0. The minimum atomic E-state index is -0.522. The highest BCUT2D eigenvalue weighted by atomic mass is 16.6. The van der Waals surface area contributed by atoms with E-state index in [9.17, 15) is 4.79 Å². The highest BCUT2D eigenvalue weighted by Gasteiger charge is 2.59. The maximum atomic E-state index is 11.4. The molecule has 12 heavy (non-hydrogen) atoms. The van der Waals surface area contributed by atoms with Gasteiger partial charge in [0, 0.05) is 12.8 Å². The fourth-order valence-electron chi connectivity index (χ4n) is 2.46. The molecule has 3 bridgehead atoms. The standard InChI is InChI=1S/C8H11NO3/c10-7-8-3-5(9-7)6(4-8)11-1-2-12-8/h5-6H,1-4H2,(H,9,10). The molecular weight excluding hydrogens is 158 g/mol. The fraction of sp³-hybridized carbons (Fsp3) is 0.875. The van der Waals surface area contributed by atoms with Gasteiger partial charge in [-0.15, -0.1) is 0 Å². The summed E-state index contributed by atoms with van der Waals surface area (Å²) in [5, 5.41) is 2.90. The molecule has 3 unspecified atom stereocenters. The summed E-state index contributed by atoms with van der Waals surface area (Å²) in [6, 6.07) is 0.206. The summed E-state index contributed by atoms with van der Waals surface area (Å²) < 4.78 is 11.1. The first-order chi connectivity index (χ1) is 5.80. The third-order valence-corrected chi connectivity index (χ3v) is 3.05. The number of ether oxygens (including phenoxy) is 2. The van der Waals surface area contributed by atoms with Crippen LogP contribution < -0.4 is 5.32 Å². The quantitative estimate of drug-likeness (QED) is 0.528. The Morgan fingerprint density at radius 1 is 1.42 bits per heavy atom. The van der Waals surface area contributed by atoms with Crippen LogP contribution >= 0.6 is 0 Å². The van der Waals surface area contributed by atoms with Crippen molar-refractivity contribution in [3.8, 4) is 0 Å². The van der Waals surface area contributed by atoms with Gasteiger partial charge in [0.15, 0.2) is 5.60 Å². The van der Waals surface area contributed by atoms with Crippen molar-refractivity contribution < 1.29 is 14.3 Å². The summed E-state index contributed by atoms with van der Waals surface area (Å²) in [6.45, 7) is 1.18. The highest BCUT2D eigenvalue weighted by Crippen LogP contribution is 2.42. The Morgan fingerprint density at radius 3 is 3.25 bits per heavy atom. The van der Waals surface area contributed by atoms with Gasteiger partial charge < -0.3 is 14.8 Å². The first-order valence-corrected chi connectivity index (χ1v) is 4.37. The Balaban J connectivity index is 1.99. The Bertz CT molecular complexity index is 242. The lowest BCUT2D eigenvalue weighted by molar-refractivity contribution is -0.141. The SMILES string of the molecule is O=C1NC2CC13CC2OCCO3. The second kappa shape index (κ2) is 2.00. The van der Waals surface area contributed by atoms with Gasteiger partial charge in [-0.2, -0.15) is 0 Å². The van der Waals surface area contributed by atoms with Crippen molar-refractivity contribution >= 4 is 5.91 Å². The molecule has 2 saturated heterocycles. The van der Waals surface area contributed by atoms with E-state index in [0.717, 1.165) is 12.8 Å². The summed E-state index contributed by atoms with van der Waals surface area (Å²) in [6.07, 6.45) is 1.75. The molecule has 2 heterocycles. The summed E-state index contributed by atoms with van der Waals surface area (Å²) in [5.41, 5.74) is -0.522. The van der Waals surface area contributed by atoms with E-state index in [1.807, 2.05) is 0 Å². The number of hydrogen-bond acceptors (Lipinski definition) is 3. The minimum absolute atomic E-state index is 0.0641. The van der Waals surface area contributed by atoms with Gasteiger partial charge in [-0.25, -0.2) is 0 Å². The third kappa shape index (κ3) is 0.671. The van der Waals surface area contributed by atoms with Crippen LogP contribution in [0.2, 0.25) is 0 Å². The average Bonchev–Trinajstić information content (AvgIpc) is 2.40. The van der Waals surface area contributed by atoms with Crippen LogP contribution in [0.3, 0.4) is 0 Å². The van der Waals surface area contributed by atoms with Gasteiger partial charge in [-0.3, -0.25) is 4.79 Å². The van der Waals surface area contributed by atoms with E-state index in [-0.39, 0.29) is 18.1 Å². The smallest absolute Gasteiger partial charge is 0.252 e. The van der Waals surface area contributed by atoms with Crippen LogP contribution in [0.4, 0.5) is 0 Å². The molecule has 4 heteroatoms. The zero-order valence-electron chi connectivity index (χ0n) is 6.71. The van der Waals surface area contributed by atoms with Gasteiger partial charge in [0.25, 0.3) is 5.91 Å². The number of rotatable bonds is 0. The number of amides is 1. The molecule has 1 aliphatic carbocycles. The molecule has 3 aliphatic rings. The molecule has 2 aliphatic heterocycles. The molecule has 3 fully saturated rings. The van der Waals surface area contributed by atoms with Crippen LogP contribution in [0.15, 0.2) is 0 Å². The molecule has 0 radical (unpaired) electrons. The average molecular weight is 169 g/mol. The second-order valence-corrected chi connectivity index (χ2v) is 3.74. The monoisotopic (exact) mass is 169 g/mol. The first kappa shape index (κ1) is 6.86. The lowest BCUT2D eigenvalue weighted by Gasteiger charge is -2.24. The summed E-state index contributed by atoms with van der Waals surface area (Å²) in [5.74, 6) is 0.0641. The van der Waals surface area contributed by atoms with Crippen LogP contribution in [-0.4, -0.2) is 36.9 Å². The topological polar surface area (TPSA) is 47.6 Å². The molecule has 4 nitrogen and oxygen atoms in total. The Morgan fingerprint density at radius 2 is 2.33 bits per heavy atom. The van der Waals surface area contributed by atoms with E-state index >= 15 is 0 Å². The van der Waals surface area contributed by atoms with E-state index in [1.165, 1.54) is 0 Å². The molecule has 0 aromatic rings. The number of carbonyl (C=O) groups excluding carboxylic acids is 1. The third-order valence-electron chi connectivity index (χ3n) is 3.05. The summed E-state index contributed by atoms with van der Waals surface area (Å²) in [4.78, 5) is 11.4. The van der Waals surface area contributed by atoms with Crippen molar-refractivity contribution in [3.05, 3.63) is 0 Å². The van der Waals surface area contributed by atoms with Crippen molar-refractivity contribution in [1.82, 2.24) is 5.32 Å². The molecule has 1 N–H and O–H groups in total. The van der Waals surface area contributed by atoms with Crippen molar-refractivity contribution in [1.29, 1.82) is 0 Å². The van der Waals surface area contributed by atoms with E-state index in [0.29, 0.717) is 13.2 Å². The highest BCUT2D eigenvalue weighted by molar-refractivity contribution is 5.89. The van der Waals surface area contributed by atoms with Gasteiger partial charge in [0.2, 0.25) is 0 Å². The zero-order chi connectivity index (χ0) is 8.18. The fourth-order valence-corrected chi connectivity index (χ4v) is 2.46. The van der Waals surface area contributed by atoms with Crippen molar-refractivity contribution in [2.24, 2.45) is 0 Å². The number of piperidine rings is 1. The number of carbonyl (C=O) groups is 1. The molecule has 3 atom stereocenters. The molecule has 0 aromatic heterocycles. The Labute approximate surface area is 70.2 Å². The first-order valence-electron chi connectivity index (χ1n) is 4.37. The number of fused-ring (bicyclic) bond motifs is 3. The van der Waals surface area contributed by atoms with Gasteiger partial charge in [0.1, 0.15) is 0 Å². The van der Waals surface area contributed by atoms with Gasteiger partial charge in [-0.1, -0.05) is 0 Å². The van der Waals surface area contributed by atoms with Crippen LogP contribution in [0.1, 0.15) is 12.8 Å². The van der Waals surface area contributed by atoms with Crippen molar-refractivity contribution in [2.75, 3.05) is 13.2 Å². The zero-order valence-corrected chi connectivity index (χ0v) is 6.71. The van der Waals surface area contributed by atoms with Gasteiger partial charge >= 0.3 is 0 Å². The van der Waals surface area contributed by atoms with Crippen molar-refractivity contribution in [3.63, 3.8) is 0 Å².